The minimum absolute atomic E-state index is 0.446. The summed E-state index contributed by atoms with van der Waals surface area (Å²) in [5.74, 6) is 0. The molecule has 5 N–H and O–H groups in total. The summed E-state index contributed by atoms with van der Waals surface area (Å²) in [6.45, 7) is -0.446. The van der Waals surface area contributed by atoms with Gasteiger partial charge in [-0.3, -0.25) is 0 Å². The highest BCUT2D eigenvalue weighted by Crippen LogP contribution is 2.27. The van der Waals surface area contributed by atoms with Crippen molar-refractivity contribution in [1.29, 1.82) is 0 Å². The molecule has 0 bridgehead atoms. The van der Waals surface area contributed by atoms with Gasteiger partial charge in [0.15, 0.2) is 6.23 Å². The van der Waals surface area contributed by atoms with Crippen molar-refractivity contribution in [3.63, 3.8) is 0 Å². The van der Waals surface area contributed by atoms with Gasteiger partial charge in [0, 0.05) is 11.1 Å². The molecule has 2 aromatic carbocycles. The van der Waals surface area contributed by atoms with Crippen LogP contribution < -0.4 is 5.32 Å². The Bertz CT molecular complexity index is 642. The lowest BCUT2D eigenvalue weighted by molar-refractivity contribution is -0.221. The summed E-state index contributed by atoms with van der Waals surface area (Å²) in [6, 6.07) is 13.4. The van der Waals surface area contributed by atoms with E-state index in [9.17, 15) is 20.4 Å². The van der Waals surface area contributed by atoms with Crippen LogP contribution in [0.3, 0.4) is 0 Å². The number of benzene rings is 2. The summed E-state index contributed by atoms with van der Waals surface area (Å²) in [4.78, 5) is 0. The molecule has 0 unspecified atom stereocenters. The SMILES string of the molecule is OC[C@@H]1O[C@H](Nc2cccc3ccccc23)[C@H](O)[C@H](O)[C@H]1O. The van der Waals surface area contributed by atoms with Crippen LogP contribution in [-0.2, 0) is 4.74 Å². The Kier molecular flexibility index (Phi) is 4.28. The van der Waals surface area contributed by atoms with E-state index in [2.05, 4.69) is 5.32 Å². The van der Waals surface area contributed by atoms with Crippen LogP contribution in [0.2, 0.25) is 0 Å². The molecule has 0 amide bonds. The number of nitrogens with one attached hydrogen (secondary N) is 1. The predicted molar refractivity (Wildman–Crippen MR) is 81.3 cm³/mol. The van der Waals surface area contributed by atoms with E-state index in [1.165, 1.54) is 0 Å². The van der Waals surface area contributed by atoms with Crippen molar-refractivity contribution in [3.8, 4) is 0 Å². The second-order valence-corrected chi connectivity index (χ2v) is 5.42. The summed E-state index contributed by atoms with van der Waals surface area (Å²) in [5, 5.41) is 43.9. The first-order valence-electron chi connectivity index (χ1n) is 7.16. The summed E-state index contributed by atoms with van der Waals surface area (Å²) < 4.78 is 5.46. The Morgan fingerprint density at radius 1 is 0.909 bits per heavy atom. The predicted octanol–water partition coefficient (Wildman–Crippen LogP) is 0.0516. The Labute approximate surface area is 127 Å². The summed E-state index contributed by atoms with van der Waals surface area (Å²) in [6.07, 6.45) is -5.91. The van der Waals surface area contributed by atoms with Gasteiger partial charge in [-0.05, 0) is 11.5 Å². The van der Waals surface area contributed by atoms with Gasteiger partial charge in [-0.25, -0.2) is 0 Å². The Morgan fingerprint density at radius 2 is 1.64 bits per heavy atom. The molecule has 1 fully saturated rings. The van der Waals surface area contributed by atoms with E-state index in [0.717, 1.165) is 16.5 Å². The summed E-state index contributed by atoms with van der Waals surface area (Å²) in [5.41, 5.74) is 0.738. The lowest BCUT2D eigenvalue weighted by atomic mass is 9.98. The third-order valence-electron chi connectivity index (χ3n) is 3.98. The Hall–Kier alpha value is -1.70. The van der Waals surface area contributed by atoms with Gasteiger partial charge in [0.05, 0.1) is 6.61 Å². The van der Waals surface area contributed by atoms with Crippen LogP contribution in [0.25, 0.3) is 10.8 Å². The molecule has 0 aliphatic carbocycles. The maximum absolute atomic E-state index is 10.1. The van der Waals surface area contributed by atoms with Crippen LogP contribution in [0.5, 0.6) is 0 Å². The van der Waals surface area contributed by atoms with E-state index < -0.39 is 37.3 Å². The molecule has 22 heavy (non-hydrogen) atoms. The molecule has 5 atom stereocenters. The first kappa shape index (κ1) is 15.2. The van der Waals surface area contributed by atoms with E-state index >= 15 is 0 Å². The van der Waals surface area contributed by atoms with Gasteiger partial charge in [-0.15, -0.1) is 0 Å². The maximum Gasteiger partial charge on any atom is 0.157 e. The van der Waals surface area contributed by atoms with Crippen LogP contribution in [0, 0.1) is 0 Å². The zero-order chi connectivity index (χ0) is 15.7. The zero-order valence-corrected chi connectivity index (χ0v) is 11.8. The van der Waals surface area contributed by atoms with Crippen LogP contribution in [0.4, 0.5) is 5.69 Å². The average molecular weight is 305 g/mol. The number of anilines is 1. The van der Waals surface area contributed by atoms with Crippen molar-refractivity contribution in [1.82, 2.24) is 0 Å². The molecule has 0 saturated carbocycles. The first-order chi connectivity index (χ1) is 10.6. The van der Waals surface area contributed by atoms with Gasteiger partial charge in [0.1, 0.15) is 24.4 Å². The number of hydrogen-bond donors (Lipinski definition) is 5. The standard InChI is InChI=1S/C16H19NO5/c18-8-12-13(19)14(20)15(21)16(22-12)17-11-7-3-5-9-4-1-2-6-10(9)11/h1-7,12-21H,8H2/t12-,13-,14+,15+,16-/m0/s1. The highest BCUT2D eigenvalue weighted by molar-refractivity contribution is 5.93. The molecular formula is C16H19NO5. The lowest BCUT2D eigenvalue weighted by Crippen LogP contribution is -2.60. The molecular weight excluding hydrogens is 286 g/mol. The maximum atomic E-state index is 10.1. The molecule has 1 saturated heterocycles. The van der Waals surface area contributed by atoms with Crippen molar-refractivity contribution in [2.45, 2.75) is 30.6 Å². The van der Waals surface area contributed by atoms with Crippen LogP contribution >= 0.6 is 0 Å². The molecule has 1 aliphatic heterocycles. The minimum Gasteiger partial charge on any atom is -0.394 e. The largest absolute Gasteiger partial charge is 0.394 e. The van der Waals surface area contributed by atoms with E-state index in [4.69, 9.17) is 4.74 Å². The van der Waals surface area contributed by atoms with Crippen LogP contribution in [0.1, 0.15) is 0 Å². The molecule has 118 valence electrons. The Balaban J connectivity index is 1.87. The molecule has 1 heterocycles. The van der Waals surface area contributed by atoms with E-state index in [1.807, 2.05) is 42.5 Å². The van der Waals surface area contributed by atoms with Gasteiger partial charge in [0.25, 0.3) is 0 Å². The summed E-state index contributed by atoms with van der Waals surface area (Å²) >= 11 is 0. The number of aliphatic hydroxyl groups excluding tert-OH is 4. The molecule has 0 aromatic heterocycles. The number of rotatable bonds is 3. The second kappa shape index (κ2) is 6.20. The van der Waals surface area contributed by atoms with Crippen molar-refractivity contribution in [2.24, 2.45) is 0 Å². The number of hydrogen-bond acceptors (Lipinski definition) is 6. The van der Waals surface area contributed by atoms with Gasteiger partial charge in [0.2, 0.25) is 0 Å². The van der Waals surface area contributed by atoms with Gasteiger partial charge >= 0.3 is 0 Å². The topological polar surface area (TPSA) is 102 Å². The third kappa shape index (κ3) is 2.67. The van der Waals surface area contributed by atoms with Gasteiger partial charge in [-0.2, -0.15) is 0 Å². The summed E-state index contributed by atoms with van der Waals surface area (Å²) in [7, 11) is 0. The monoisotopic (exact) mass is 305 g/mol. The van der Waals surface area contributed by atoms with Crippen molar-refractivity contribution < 1.29 is 25.2 Å². The molecule has 6 heteroatoms. The average Bonchev–Trinajstić information content (AvgIpc) is 2.55. The molecule has 0 spiro atoms. The highest BCUT2D eigenvalue weighted by atomic mass is 16.6. The zero-order valence-electron chi connectivity index (χ0n) is 11.8. The van der Waals surface area contributed by atoms with Gasteiger partial charge < -0.3 is 30.5 Å². The molecule has 2 aromatic rings. The quantitative estimate of drug-likeness (QED) is 0.549. The van der Waals surface area contributed by atoms with E-state index in [1.54, 1.807) is 0 Å². The fraction of sp³-hybridized carbons (Fsp3) is 0.375. The molecule has 3 rings (SSSR count). The van der Waals surface area contributed by atoms with Crippen molar-refractivity contribution in [3.05, 3.63) is 42.5 Å². The number of ether oxygens (including phenoxy) is 1. The lowest BCUT2D eigenvalue weighted by Gasteiger charge is -2.40. The number of fused-ring (bicyclic) bond motifs is 1. The third-order valence-corrected chi connectivity index (χ3v) is 3.98. The fourth-order valence-electron chi connectivity index (χ4n) is 2.73. The van der Waals surface area contributed by atoms with Gasteiger partial charge in [-0.1, -0.05) is 36.4 Å². The Morgan fingerprint density at radius 3 is 2.41 bits per heavy atom. The van der Waals surface area contributed by atoms with E-state index in [-0.39, 0.29) is 0 Å². The molecule has 1 aliphatic rings. The highest BCUT2D eigenvalue weighted by Gasteiger charge is 2.43. The van der Waals surface area contributed by atoms with Crippen molar-refractivity contribution >= 4 is 16.5 Å². The van der Waals surface area contributed by atoms with Crippen LogP contribution in [-0.4, -0.2) is 57.7 Å². The number of aliphatic hydroxyl groups is 4. The molecule has 6 nitrogen and oxygen atoms in total. The van der Waals surface area contributed by atoms with Crippen molar-refractivity contribution in [2.75, 3.05) is 11.9 Å². The minimum atomic E-state index is -1.39. The normalized spacial score (nSPS) is 32.1. The van der Waals surface area contributed by atoms with E-state index in [0.29, 0.717) is 0 Å². The smallest absolute Gasteiger partial charge is 0.157 e. The van der Waals surface area contributed by atoms with Crippen LogP contribution in [0.15, 0.2) is 42.5 Å². The second-order valence-electron chi connectivity index (χ2n) is 5.42. The fourth-order valence-corrected chi connectivity index (χ4v) is 2.73. The molecule has 0 radical (unpaired) electrons. The first-order valence-corrected chi connectivity index (χ1v) is 7.16.